The molecule has 1 aliphatic rings. The van der Waals surface area contributed by atoms with Crippen molar-refractivity contribution in [3.05, 3.63) is 64.2 Å². The fraction of sp³-hybridized carbons (Fsp3) is 0.308. The molecule has 0 saturated carbocycles. The zero-order chi connectivity index (χ0) is 28.1. The minimum absolute atomic E-state index is 0.0238. The number of carbonyl (C=O) groups excluding carboxylic acids is 1. The number of fused-ring (bicyclic) bond motifs is 1. The van der Waals surface area contributed by atoms with Gasteiger partial charge >= 0.3 is 17.9 Å². The average molecular weight is 530 g/mol. The summed E-state index contributed by atoms with van der Waals surface area (Å²) in [5.74, 6) is -3.29. The van der Waals surface area contributed by atoms with Crippen LogP contribution < -0.4 is 15.1 Å². The quantitative estimate of drug-likeness (QED) is 0.331. The number of aliphatic carboxylic acids is 1. The van der Waals surface area contributed by atoms with Gasteiger partial charge in [-0.1, -0.05) is 0 Å². The molecular weight excluding hydrogens is 501 g/mol. The number of carbonyl (C=O) groups is 3. The van der Waals surface area contributed by atoms with Gasteiger partial charge in [0.2, 0.25) is 5.43 Å². The van der Waals surface area contributed by atoms with Gasteiger partial charge in [-0.15, -0.1) is 0 Å². The summed E-state index contributed by atoms with van der Waals surface area (Å²) in [7, 11) is 2.00. The average Bonchev–Trinajstić information content (AvgIpc) is 2.85. The number of rotatable bonds is 5. The predicted molar refractivity (Wildman–Crippen MR) is 137 cm³/mol. The molecule has 3 N–H and O–H groups in total. The van der Waals surface area contributed by atoms with E-state index in [-0.39, 0.29) is 5.39 Å². The number of benzene rings is 2. The van der Waals surface area contributed by atoms with E-state index in [4.69, 9.17) is 14.9 Å². The maximum atomic E-state index is 15.0. The molecule has 1 aromatic heterocycles. The molecule has 38 heavy (non-hydrogen) atoms. The highest BCUT2D eigenvalue weighted by Crippen LogP contribution is 2.28. The fourth-order valence-electron chi connectivity index (χ4n) is 3.83. The summed E-state index contributed by atoms with van der Waals surface area (Å²) >= 11 is 0. The summed E-state index contributed by atoms with van der Waals surface area (Å²) in [5, 5.41) is 25.3. The van der Waals surface area contributed by atoms with Crippen LogP contribution in [0, 0.1) is 5.82 Å². The lowest BCUT2D eigenvalue weighted by atomic mass is 10.1. The first-order chi connectivity index (χ1) is 17.9. The smallest absolute Gasteiger partial charge is 0.341 e. The molecule has 2 heterocycles. The van der Waals surface area contributed by atoms with Gasteiger partial charge in [-0.2, -0.15) is 0 Å². The third-order valence-electron chi connectivity index (χ3n) is 5.88. The second kappa shape index (κ2) is 11.8. The van der Waals surface area contributed by atoms with Gasteiger partial charge in [0.1, 0.15) is 23.2 Å². The fourth-order valence-corrected chi connectivity index (χ4v) is 3.83. The van der Waals surface area contributed by atoms with E-state index in [1.165, 1.54) is 24.6 Å². The van der Waals surface area contributed by atoms with Crippen LogP contribution in [-0.2, 0) is 9.59 Å². The van der Waals surface area contributed by atoms with Crippen molar-refractivity contribution in [1.29, 1.82) is 0 Å². The van der Waals surface area contributed by atoms with Gasteiger partial charge in [-0.05, 0) is 50.4 Å². The Morgan fingerprint density at radius 1 is 1.03 bits per heavy atom. The number of ether oxygens (including phenoxy) is 1. The lowest BCUT2D eigenvalue weighted by Gasteiger charge is -2.34. The van der Waals surface area contributed by atoms with E-state index in [1.54, 1.807) is 30.3 Å². The molecule has 1 aliphatic heterocycles. The Labute approximate surface area is 216 Å². The van der Waals surface area contributed by atoms with E-state index < -0.39 is 40.8 Å². The van der Waals surface area contributed by atoms with E-state index in [2.05, 4.69) is 4.90 Å². The SMILES string of the molecule is CC(=O)Oc1ccc(-n2cc(C(=O)O)c(=O)c3cc(F)c(N4CCN(C)CC4)cc32)cc1.CC(O)C(=O)O. The monoisotopic (exact) mass is 529 g/mol. The summed E-state index contributed by atoms with van der Waals surface area (Å²) in [6, 6.07) is 9.09. The molecule has 0 aliphatic carbocycles. The van der Waals surface area contributed by atoms with Crippen LogP contribution >= 0.6 is 0 Å². The Morgan fingerprint density at radius 2 is 1.61 bits per heavy atom. The molecule has 0 radical (unpaired) electrons. The Balaban J connectivity index is 0.000000599. The second-order valence-electron chi connectivity index (χ2n) is 8.76. The normalized spacial score (nSPS) is 14.4. The molecule has 12 heteroatoms. The van der Waals surface area contributed by atoms with Crippen LogP contribution in [0.1, 0.15) is 24.2 Å². The molecule has 2 aromatic carbocycles. The third kappa shape index (κ3) is 6.52. The summed E-state index contributed by atoms with van der Waals surface area (Å²) in [6.07, 6.45) is 0.00414. The number of aromatic carboxylic acids is 1. The number of carboxylic acids is 2. The highest BCUT2D eigenvalue weighted by molar-refractivity contribution is 5.94. The summed E-state index contributed by atoms with van der Waals surface area (Å²) in [5.41, 5.74) is 0.0654. The van der Waals surface area contributed by atoms with Gasteiger partial charge in [0.15, 0.2) is 0 Å². The van der Waals surface area contributed by atoms with Gasteiger partial charge in [-0.25, -0.2) is 14.0 Å². The summed E-state index contributed by atoms with van der Waals surface area (Å²) < 4.78 is 21.6. The number of nitrogens with zero attached hydrogens (tertiary/aromatic N) is 3. The lowest BCUT2D eigenvalue weighted by molar-refractivity contribution is -0.145. The third-order valence-corrected chi connectivity index (χ3v) is 5.88. The Hall–Kier alpha value is -4.29. The second-order valence-corrected chi connectivity index (χ2v) is 8.76. The van der Waals surface area contributed by atoms with Crippen LogP contribution in [0.4, 0.5) is 10.1 Å². The number of anilines is 1. The van der Waals surface area contributed by atoms with Crippen LogP contribution in [0.25, 0.3) is 16.6 Å². The maximum Gasteiger partial charge on any atom is 0.341 e. The number of aliphatic hydroxyl groups is 1. The van der Waals surface area contributed by atoms with Gasteiger partial charge in [0.25, 0.3) is 0 Å². The number of carboxylic acid groups (broad SMARTS) is 2. The molecule has 11 nitrogen and oxygen atoms in total. The van der Waals surface area contributed by atoms with Crippen molar-refractivity contribution in [3.63, 3.8) is 0 Å². The van der Waals surface area contributed by atoms with Crippen molar-refractivity contribution in [3.8, 4) is 11.4 Å². The van der Waals surface area contributed by atoms with Gasteiger partial charge in [0, 0.05) is 50.4 Å². The molecule has 3 aromatic rings. The molecule has 4 rings (SSSR count). The van der Waals surface area contributed by atoms with Crippen LogP contribution in [-0.4, -0.2) is 82.0 Å². The zero-order valence-electron chi connectivity index (χ0n) is 21.0. The molecule has 1 unspecified atom stereocenters. The molecule has 1 saturated heterocycles. The summed E-state index contributed by atoms with van der Waals surface area (Å²) in [4.78, 5) is 49.1. The number of piperazine rings is 1. The number of hydrogen-bond acceptors (Lipinski definition) is 8. The van der Waals surface area contributed by atoms with Gasteiger partial charge in [-0.3, -0.25) is 9.59 Å². The largest absolute Gasteiger partial charge is 0.479 e. The molecule has 0 bridgehead atoms. The number of likely N-dealkylation sites (N-methyl/N-ethyl adjacent to an activating group) is 1. The van der Waals surface area contributed by atoms with E-state index in [0.717, 1.165) is 19.2 Å². The van der Waals surface area contributed by atoms with Crippen LogP contribution in [0.2, 0.25) is 0 Å². The van der Waals surface area contributed by atoms with Gasteiger partial charge in [0.05, 0.1) is 11.2 Å². The molecule has 0 spiro atoms. The Bertz CT molecular complexity index is 1410. The number of halogens is 1. The standard InChI is InChI=1S/C23H22FN3O5.C3H6O3/c1-14(28)32-16-5-3-15(4-6-16)27-13-18(23(30)31)22(29)17-11-19(24)21(12-20(17)27)26-9-7-25(2)8-10-26;1-2(4)3(5)6/h3-6,11-13H,7-10H2,1-2H3,(H,30,31);2,4H,1H3,(H,5,6). The van der Waals surface area contributed by atoms with E-state index >= 15 is 4.39 Å². The van der Waals surface area contributed by atoms with E-state index in [9.17, 15) is 24.3 Å². The highest BCUT2D eigenvalue weighted by Gasteiger charge is 2.22. The number of pyridine rings is 1. The van der Waals surface area contributed by atoms with Crippen molar-refractivity contribution in [1.82, 2.24) is 9.47 Å². The zero-order valence-corrected chi connectivity index (χ0v) is 21.0. The van der Waals surface area contributed by atoms with Crippen molar-refractivity contribution >= 4 is 34.5 Å². The minimum atomic E-state index is -1.40. The number of aromatic nitrogens is 1. The van der Waals surface area contributed by atoms with Crippen LogP contribution in [0.15, 0.2) is 47.4 Å². The number of esters is 1. The van der Waals surface area contributed by atoms with Crippen molar-refractivity contribution in [2.24, 2.45) is 0 Å². The molecule has 0 amide bonds. The summed E-state index contributed by atoms with van der Waals surface area (Å²) in [6.45, 7) is 5.31. The van der Waals surface area contributed by atoms with Gasteiger partial charge < -0.3 is 34.4 Å². The van der Waals surface area contributed by atoms with Crippen LogP contribution in [0.5, 0.6) is 5.75 Å². The molecule has 1 atom stereocenters. The maximum absolute atomic E-state index is 15.0. The highest BCUT2D eigenvalue weighted by atomic mass is 19.1. The lowest BCUT2D eigenvalue weighted by Crippen LogP contribution is -2.44. The van der Waals surface area contributed by atoms with Crippen molar-refractivity contribution < 1.29 is 38.8 Å². The van der Waals surface area contributed by atoms with Crippen LogP contribution in [0.3, 0.4) is 0 Å². The molecular formula is C26H28FN3O8. The van der Waals surface area contributed by atoms with Crippen molar-refractivity contribution in [2.45, 2.75) is 20.0 Å². The topological polar surface area (TPSA) is 150 Å². The molecule has 202 valence electrons. The first-order valence-electron chi connectivity index (χ1n) is 11.6. The Kier molecular flexibility index (Phi) is 8.81. The van der Waals surface area contributed by atoms with Crippen molar-refractivity contribution in [2.75, 3.05) is 38.1 Å². The first kappa shape index (κ1) is 28.3. The predicted octanol–water partition coefficient (Wildman–Crippen LogP) is 1.96. The number of aliphatic hydroxyl groups excluding tert-OH is 1. The Morgan fingerprint density at radius 3 is 2.11 bits per heavy atom. The molecule has 1 fully saturated rings. The van der Waals surface area contributed by atoms with E-state index in [1.807, 2.05) is 11.9 Å². The first-order valence-corrected chi connectivity index (χ1v) is 11.6. The minimum Gasteiger partial charge on any atom is -0.479 e. The van der Waals surface area contributed by atoms with E-state index in [0.29, 0.717) is 35.7 Å². The number of hydrogen-bond donors (Lipinski definition) is 3.